The van der Waals surface area contributed by atoms with Crippen molar-refractivity contribution >= 4 is 34.4 Å². The Morgan fingerprint density at radius 1 is 1.25 bits per heavy atom. The van der Waals surface area contributed by atoms with Gasteiger partial charge in [-0.3, -0.25) is 15.0 Å². The number of fused-ring (bicyclic) bond motifs is 1. The second-order valence-electron chi connectivity index (χ2n) is 7.19. The monoisotopic (exact) mass is 405 g/mol. The Morgan fingerprint density at radius 3 is 2.79 bits per heavy atom. The molecule has 3 rings (SSSR count). The number of nitrogens with zero attached hydrogens (tertiary/aromatic N) is 3. The van der Waals surface area contributed by atoms with E-state index in [1.54, 1.807) is 0 Å². The van der Waals surface area contributed by atoms with Gasteiger partial charge in [-0.05, 0) is 25.6 Å². The first-order valence-corrected chi connectivity index (χ1v) is 10.4. The molecular weight excluding hydrogens is 378 g/mol. The molecule has 2 atom stereocenters. The lowest BCUT2D eigenvalue weighted by Gasteiger charge is -2.43. The maximum atomic E-state index is 12.7. The molecule has 7 nitrogen and oxygen atoms in total. The van der Waals surface area contributed by atoms with Crippen molar-refractivity contribution in [1.82, 2.24) is 25.3 Å². The Kier molecular flexibility index (Phi) is 6.91. The summed E-state index contributed by atoms with van der Waals surface area (Å²) < 4.78 is 1.87. The number of benzene rings is 1. The average Bonchev–Trinajstić information content (AvgIpc) is 3.04. The number of rotatable bonds is 10. The predicted molar refractivity (Wildman–Crippen MR) is 110 cm³/mol. The van der Waals surface area contributed by atoms with Crippen LogP contribution in [0.4, 0.5) is 0 Å². The van der Waals surface area contributed by atoms with Crippen LogP contribution in [0.25, 0.3) is 11.0 Å². The van der Waals surface area contributed by atoms with Crippen molar-refractivity contribution in [3.8, 4) is 0 Å². The van der Waals surface area contributed by atoms with Crippen LogP contribution in [-0.2, 0) is 22.7 Å². The number of halogens is 1. The number of carbonyl (C=O) groups is 2. The van der Waals surface area contributed by atoms with Crippen molar-refractivity contribution in [2.24, 2.45) is 0 Å². The number of unbranched alkanes of at least 4 members (excludes halogenated alkanes) is 3. The first kappa shape index (κ1) is 20.6. The molecule has 1 aliphatic heterocycles. The summed E-state index contributed by atoms with van der Waals surface area (Å²) >= 11 is 6.18. The Labute approximate surface area is 170 Å². The number of nitrogens with one attached hydrogen (secondary N) is 2. The predicted octanol–water partition coefficient (Wildman–Crippen LogP) is 2.58. The molecule has 0 spiro atoms. The van der Waals surface area contributed by atoms with Crippen LogP contribution in [0.2, 0.25) is 0 Å². The fourth-order valence-electron chi connectivity index (χ4n) is 3.61. The van der Waals surface area contributed by atoms with Gasteiger partial charge in [0.25, 0.3) is 11.8 Å². The molecule has 0 saturated carbocycles. The molecule has 0 radical (unpaired) electrons. The SMILES string of the molecule is CCCCCC[C@@H]1[C@H](Cl)C(=O)N1NC(=O)Cn1c(CNC)nc2ccccc21. The van der Waals surface area contributed by atoms with E-state index in [0.717, 1.165) is 42.5 Å². The van der Waals surface area contributed by atoms with E-state index in [1.807, 2.05) is 35.9 Å². The van der Waals surface area contributed by atoms with E-state index in [4.69, 9.17) is 11.6 Å². The van der Waals surface area contributed by atoms with Gasteiger partial charge in [-0.1, -0.05) is 44.7 Å². The summed E-state index contributed by atoms with van der Waals surface area (Å²) in [5.41, 5.74) is 4.49. The quantitative estimate of drug-likeness (QED) is 0.361. The molecule has 1 fully saturated rings. The van der Waals surface area contributed by atoms with Gasteiger partial charge in [0.05, 0.1) is 23.6 Å². The van der Waals surface area contributed by atoms with Crippen molar-refractivity contribution in [3.63, 3.8) is 0 Å². The van der Waals surface area contributed by atoms with Gasteiger partial charge >= 0.3 is 0 Å². The second-order valence-corrected chi connectivity index (χ2v) is 7.67. The molecule has 0 aliphatic carbocycles. The molecule has 1 aromatic heterocycles. The molecule has 1 aliphatic rings. The maximum absolute atomic E-state index is 12.7. The van der Waals surface area contributed by atoms with E-state index in [1.165, 1.54) is 11.4 Å². The molecule has 0 unspecified atom stereocenters. The number of amides is 2. The largest absolute Gasteiger partial charge is 0.317 e. The molecule has 28 heavy (non-hydrogen) atoms. The van der Waals surface area contributed by atoms with Crippen LogP contribution in [0.5, 0.6) is 0 Å². The lowest BCUT2D eigenvalue weighted by Crippen LogP contribution is -2.68. The third-order valence-corrected chi connectivity index (χ3v) is 5.59. The Morgan fingerprint density at radius 2 is 2.04 bits per heavy atom. The van der Waals surface area contributed by atoms with Crippen LogP contribution in [0.15, 0.2) is 24.3 Å². The highest BCUT2D eigenvalue weighted by Crippen LogP contribution is 2.28. The number of hydrogen-bond acceptors (Lipinski definition) is 4. The van der Waals surface area contributed by atoms with Crippen molar-refractivity contribution < 1.29 is 9.59 Å². The number of hydrazine groups is 1. The zero-order chi connectivity index (χ0) is 20.1. The topological polar surface area (TPSA) is 79.3 Å². The average molecular weight is 406 g/mol. The van der Waals surface area contributed by atoms with Crippen LogP contribution in [0.3, 0.4) is 0 Å². The maximum Gasteiger partial charge on any atom is 0.261 e. The van der Waals surface area contributed by atoms with Crippen LogP contribution < -0.4 is 10.7 Å². The van der Waals surface area contributed by atoms with Gasteiger partial charge in [0.1, 0.15) is 17.7 Å². The number of β-lactam (4-membered cyclic amide) rings is 1. The van der Waals surface area contributed by atoms with Crippen molar-refractivity contribution in [1.29, 1.82) is 0 Å². The molecule has 2 N–H and O–H groups in total. The lowest BCUT2D eigenvalue weighted by atomic mass is 9.97. The zero-order valence-corrected chi connectivity index (χ0v) is 17.2. The van der Waals surface area contributed by atoms with Crippen molar-refractivity contribution in [2.75, 3.05) is 7.05 Å². The van der Waals surface area contributed by atoms with Crippen LogP contribution in [0, 0.1) is 0 Å². The number of para-hydroxylation sites is 2. The summed E-state index contributed by atoms with van der Waals surface area (Å²) in [7, 11) is 1.84. The fourth-order valence-corrected chi connectivity index (χ4v) is 3.96. The first-order chi connectivity index (χ1) is 13.6. The van der Waals surface area contributed by atoms with Crippen molar-refractivity contribution in [2.45, 2.75) is 63.5 Å². The highest BCUT2D eigenvalue weighted by Gasteiger charge is 2.46. The van der Waals surface area contributed by atoms with Gasteiger partial charge < -0.3 is 9.88 Å². The zero-order valence-electron chi connectivity index (χ0n) is 16.4. The Hall–Kier alpha value is -2.12. The number of carbonyl (C=O) groups excluding carboxylic acids is 2. The minimum atomic E-state index is -0.546. The molecule has 2 heterocycles. The van der Waals surface area contributed by atoms with E-state index < -0.39 is 5.38 Å². The summed E-state index contributed by atoms with van der Waals surface area (Å²) in [5, 5.41) is 3.94. The van der Waals surface area contributed by atoms with Gasteiger partial charge in [-0.25, -0.2) is 9.99 Å². The van der Waals surface area contributed by atoms with Crippen molar-refractivity contribution in [3.05, 3.63) is 30.1 Å². The number of aromatic nitrogens is 2. The standard InChI is InChI=1S/C20H28ClN5O2/c1-3-4-5-6-11-16-19(21)20(28)26(16)24-18(27)13-25-15-10-8-7-9-14(15)23-17(25)12-22-2/h7-10,16,19,22H,3-6,11-13H2,1-2H3,(H,24,27)/t16-,19+/m1/s1. The van der Waals surface area contributed by atoms with Gasteiger partial charge in [0, 0.05) is 0 Å². The third kappa shape index (κ3) is 4.31. The van der Waals surface area contributed by atoms with Crippen LogP contribution in [-0.4, -0.2) is 44.8 Å². The van der Waals surface area contributed by atoms with E-state index in [0.29, 0.717) is 6.54 Å². The van der Waals surface area contributed by atoms with E-state index >= 15 is 0 Å². The van der Waals surface area contributed by atoms with Crippen LogP contribution in [0.1, 0.15) is 44.9 Å². The fraction of sp³-hybridized carbons (Fsp3) is 0.550. The normalized spacial score (nSPS) is 19.1. The summed E-state index contributed by atoms with van der Waals surface area (Å²) in [4.78, 5) is 29.4. The molecule has 2 aromatic rings. The molecule has 1 aromatic carbocycles. The minimum Gasteiger partial charge on any atom is -0.317 e. The van der Waals surface area contributed by atoms with Crippen LogP contribution >= 0.6 is 11.6 Å². The summed E-state index contributed by atoms with van der Waals surface area (Å²) in [5.74, 6) is 0.289. The van der Waals surface area contributed by atoms with E-state index in [9.17, 15) is 9.59 Å². The van der Waals surface area contributed by atoms with Gasteiger partial charge in [-0.2, -0.15) is 0 Å². The van der Waals surface area contributed by atoms with Gasteiger partial charge in [0.15, 0.2) is 0 Å². The number of hydrogen-bond donors (Lipinski definition) is 2. The Balaban J connectivity index is 1.65. The first-order valence-electron chi connectivity index (χ1n) is 9.92. The number of alkyl halides is 1. The molecule has 152 valence electrons. The second kappa shape index (κ2) is 9.39. The van der Waals surface area contributed by atoms with E-state index in [2.05, 4.69) is 22.7 Å². The third-order valence-electron chi connectivity index (χ3n) is 5.11. The smallest absolute Gasteiger partial charge is 0.261 e. The summed E-state index contributed by atoms with van der Waals surface area (Å²) in [6.45, 7) is 2.80. The molecular formula is C20H28ClN5O2. The Bertz CT molecular complexity index is 837. The number of imidazole rings is 1. The molecule has 8 heteroatoms. The summed E-state index contributed by atoms with van der Waals surface area (Å²) in [6.07, 6.45) is 5.24. The molecule has 1 saturated heterocycles. The van der Waals surface area contributed by atoms with Gasteiger partial charge in [0.2, 0.25) is 0 Å². The molecule has 0 bridgehead atoms. The lowest BCUT2D eigenvalue weighted by molar-refractivity contribution is -0.156. The van der Waals surface area contributed by atoms with E-state index in [-0.39, 0.29) is 24.4 Å². The molecule has 2 amide bonds. The van der Waals surface area contributed by atoms with Gasteiger partial charge in [-0.15, -0.1) is 11.6 Å². The highest BCUT2D eigenvalue weighted by molar-refractivity contribution is 6.33. The minimum absolute atomic E-state index is 0.0941. The summed E-state index contributed by atoms with van der Waals surface area (Å²) in [6, 6.07) is 7.57. The highest BCUT2D eigenvalue weighted by atomic mass is 35.5.